The Hall–Kier alpha value is -1.20. The summed E-state index contributed by atoms with van der Waals surface area (Å²) in [6, 6.07) is 0. The van der Waals surface area contributed by atoms with Crippen LogP contribution in [-0.2, 0) is 11.3 Å². The van der Waals surface area contributed by atoms with E-state index in [1.54, 1.807) is 7.11 Å². The third-order valence-corrected chi connectivity index (χ3v) is 2.87. The van der Waals surface area contributed by atoms with E-state index in [1.165, 1.54) is 0 Å². The second-order valence-electron chi connectivity index (χ2n) is 5.14. The fraction of sp³-hybridized carbons (Fsp3) is 0.714. The lowest BCUT2D eigenvalue weighted by molar-refractivity contribution is 0.204. The molecule has 0 spiro atoms. The van der Waals surface area contributed by atoms with E-state index in [1.807, 2.05) is 20.2 Å². The molecule has 1 heterocycles. The van der Waals surface area contributed by atoms with Crippen LogP contribution >= 0.6 is 0 Å². The van der Waals surface area contributed by atoms with Crippen LogP contribution in [0.5, 0.6) is 0 Å². The zero-order chi connectivity index (χ0) is 14.3. The minimum absolute atomic E-state index is 0.567. The van der Waals surface area contributed by atoms with E-state index in [0.29, 0.717) is 12.5 Å². The molecule has 0 saturated carbocycles. The fourth-order valence-electron chi connectivity index (χ4n) is 1.91. The fourth-order valence-corrected chi connectivity index (χ4v) is 1.91. The van der Waals surface area contributed by atoms with Gasteiger partial charge in [0.1, 0.15) is 0 Å². The number of nitrogens with one attached hydrogen (secondary N) is 1. The summed E-state index contributed by atoms with van der Waals surface area (Å²) in [6.07, 6.45) is 1.91. The second-order valence-corrected chi connectivity index (χ2v) is 5.14. The van der Waals surface area contributed by atoms with Crippen molar-refractivity contribution < 1.29 is 4.74 Å². The van der Waals surface area contributed by atoms with E-state index in [-0.39, 0.29) is 0 Å². The molecule has 1 aromatic rings. The maximum absolute atomic E-state index is 5.16. The average molecular weight is 266 g/mol. The van der Waals surface area contributed by atoms with E-state index in [4.69, 9.17) is 4.74 Å². The van der Waals surface area contributed by atoms with Crippen molar-refractivity contribution in [1.29, 1.82) is 0 Å². The van der Waals surface area contributed by atoms with Crippen molar-refractivity contribution in [3.05, 3.63) is 17.5 Å². The van der Waals surface area contributed by atoms with Crippen molar-refractivity contribution in [1.82, 2.24) is 15.3 Å². The molecule has 0 aliphatic carbocycles. The van der Waals surface area contributed by atoms with Gasteiger partial charge >= 0.3 is 0 Å². The molecule has 0 bridgehead atoms. The summed E-state index contributed by atoms with van der Waals surface area (Å²) >= 11 is 0. The number of hydrogen-bond acceptors (Lipinski definition) is 5. The van der Waals surface area contributed by atoms with Gasteiger partial charge in [0.25, 0.3) is 0 Å². The van der Waals surface area contributed by atoms with Gasteiger partial charge in [0.15, 0.2) is 0 Å². The topological polar surface area (TPSA) is 50.3 Å². The van der Waals surface area contributed by atoms with Gasteiger partial charge in [-0.25, -0.2) is 9.97 Å². The molecule has 5 heteroatoms. The van der Waals surface area contributed by atoms with Crippen LogP contribution in [0.15, 0.2) is 6.20 Å². The molecule has 5 nitrogen and oxygen atoms in total. The molecule has 1 aromatic heterocycles. The van der Waals surface area contributed by atoms with Gasteiger partial charge in [-0.3, -0.25) is 0 Å². The Bertz CT molecular complexity index is 382. The molecule has 0 amide bonds. The molecule has 0 unspecified atom stereocenters. The first-order chi connectivity index (χ1) is 9.08. The van der Waals surface area contributed by atoms with Crippen LogP contribution in [0.4, 0.5) is 5.95 Å². The van der Waals surface area contributed by atoms with Gasteiger partial charge in [0, 0.05) is 44.2 Å². The second kappa shape index (κ2) is 8.07. The van der Waals surface area contributed by atoms with Crippen LogP contribution in [0.3, 0.4) is 0 Å². The third-order valence-electron chi connectivity index (χ3n) is 2.87. The Balaban J connectivity index is 2.85. The summed E-state index contributed by atoms with van der Waals surface area (Å²) in [5, 5.41) is 3.13. The Kier molecular flexibility index (Phi) is 6.73. The van der Waals surface area contributed by atoms with Gasteiger partial charge in [-0.2, -0.15) is 0 Å². The first-order valence-corrected chi connectivity index (χ1v) is 6.79. The highest BCUT2D eigenvalue weighted by atomic mass is 16.5. The average Bonchev–Trinajstić information content (AvgIpc) is 2.36. The van der Waals surface area contributed by atoms with Gasteiger partial charge in [-0.1, -0.05) is 13.8 Å². The number of aromatic nitrogens is 2. The quantitative estimate of drug-likeness (QED) is 0.775. The standard InChI is InChI=1S/C14H26N4O/c1-11(2)10-18(6-7-19-5)14-16-9-13(8-15-4)12(3)17-14/h9,11,15H,6-8,10H2,1-5H3. The molecule has 0 aliphatic heterocycles. The van der Waals surface area contributed by atoms with Crippen LogP contribution in [0.25, 0.3) is 0 Å². The monoisotopic (exact) mass is 266 g/mol. The molecular formula is C14H26N4O. The minimum atomic E-state index is 0.567. The van der Waals surface area contributed by atoms with Crippen molar-refractivity contribution >= 4 is 5.95 Å². The summed E-state index contributed by atoms with van der Waals surface area (Å²) in [6.45, 7) is 9.67. The molecule has 0 aromatic carbocycles. The highest BCUT2D eigenvalue weighted by Crippen LogP contribution is 2.13. The molecule has 1 rings (SSSR count). The summed E-state index contributed by atoms with van der Waals surface area (Å²) in [5.41, 5.74) is 2.17. The first kappa shape index (κ1) is 15.9. The molecule has 0 aliphatic rings. The van der Waals surface area contributed by atoms with Gasteiger partial charge in [0.2, 0.25) is 5.95 Å². The predicted octanol–water partition coefficient (Wildman–Crippen LogP) is 1.61. The zero-order valence-corrected chi connectivity index (χ0v) is 12.7. The summed E-state index contributed by atoms with van der Waals surface area (Å²) < 4.78 is 5.16. The number of anilines is 1. The van der Waals surface area contributed by atoms with E-state index in [0.717, 1.165) is 36.8 Å². The molecule has 0 fully saturated rings. The molecule has 0 saturated heterocycles. The van der Waals surface area contributed by atoms with Crippen molar-refractivity contribution in [3.63, 3.8) is 0 Å². The third kappa shape index (κ3) is 5.12. The van der Waals surface area contributed by atoms with Gasteiger partial charge in [0.05, 0.1) is 6.61 Å². The minimum Gasteiger partial charge on any atom is -0.383 e. The summed E-state index contributed by atoms with van der Waals surface area (Å²) in [7, 11) is 3.65. The number of nitrogens with zero attached hydrogens (tertiary/aromatic N) is 3. The molecule has 0 radical (unpaired) electrons. The van der Waals surface area contributed by atoms with Gasteiger partial charge in [-0.05, 0) is 19.9 Å². The Morgan fingerprint density at radius 1 is 1.42 bits per heavy atom. The van der Waals surface area contributed by atoms with Crippen LogP contribution in [0.1, 0.15) is 25.1 Å². The zero-order valence-electron chi connectivity index (χ0n) is 12.7. The molecule has 19 heavy (non-hydrogen) atoms. The predicted molar refractivity (Wildman–Crippen MR) is 78.5 cm³/mol. The summed E-state index contributed by atoms with van der Waals surface area (Å²) in [5.74, 6) is 1.36. The number of aryl methyl sites for hydroxylation is 1. The van der Waals surface area contributed by atoms with E-state index < -0.39 is 0 Å². The Morgan fingerprint density at radius 2 is 2.16 bits per heavy atom. The Morgan fingerprint density at radius 3 is 2.68 bits per heavy atom. The van der Waals surface area contributed by atoms with Crippen molar-refractivity contribution in [2.45, 2.75) is 27.3 Å². The van der Waals surface area contributed by atoms with E-state index in [2.05, 4.69) is 34.0 Å². The van der Waals surface area contributed by atoms with Crippen LogP contribution < -0.4 is 10.2 Å². The molecule has 1 N–H and O–H groups in total. The number of methoxy groups -OCH3 is 1. The number of hydrogen-bond donors (Lipinski definition) is 1. The Labute approximate surface area is 116 Å². The normalized spacial score (nSPS) is 11.1. The number of ether oxygens (including phenoxy) is 1. The van der Waals surface area contributed by atoms with E-state index in [9.17, 15) is 0 Å². The van der Waals surface area contributed by atoms with Gasteiger partial charge < -0.3 is 15.0 Å². The smallest absolute Gasteiger partial charge is 0.225 e. The van der Waals surface area contributed by atoms with Crippen molar-refractivity contribution in [3.8, 4) is 0 Å². The van der Waals surface area contributed by atoms with Crippen molar-refractivity contribution in [2.75, 3.05) is 38.8 Å². The van der Waals surface area contributed by atoms with Gasteiger partial charge in [-0.15, -0.1) is 0 Å². The summed E-state index contributed by atoms with van der Waals surface area (Å²) in [4.78, 5) is 11.3. The maximum Gasteiger partial charge on any atom is 0.225 e. The van der Waals surface area contributed by atoms with Crippen molar-refractivity contribution in [2.24, 2.45) is 5.92 Å². The van der Waals surface area contributed by atoms with Crippen LogP contribution in [0, 0.1) is 12.8 Å². The van der Waals surface area contributed by atoms with Crippen LogP contribution in [-0.4, -0.2) is 43.8 Å². The molecule has 0 atom stereocenters. The maximum atomic E-state index is 5.16. The number of rotatable bonds is 8. The van der Waals surface area contributed by atoms with Crippen LogP contribution in [0.2, 0.25) is 0 Å². The van der Waals surface area contributed by atoms with E-state index >= 15 is 0 Å². The molecule has 108 valence electrons. The largest absolute Gasteiger partial charge is 0.383 e. The SMILES string of the molecule is CNCc1cnc(N(CCOC)CC(C)C)nc1C. The first-order valence-electron chi connectivity index (χ1n) is 6.79. The lowest BCUT2D eigenvalue weighted by Gasteiger charge is -2.24. The lowest BCUT2D eigenvalue weighted by Crippen LogP contribution is -2.32. The lowest BCUT2D eigenvalue weighted by atomic mass is 10.2. The highest BCUT2D eigenvalue weighted by molar-refractivity contribution is 5.33. The highest BCUT2D eigenvalue weighted by Gasteiger charge is 2.12. The molecular weight excluding hydrogens is 240 g/mol.